The highest BCUT2D eigenvalue weighted by Gasteiger charge is 2.26. The Morgan fingerprint density at radius 1 is 1.29 bits per heavy atom. The molecule has 0 radical (unpaired) electrons. The van der Waals surface area contributed by atoms with E-state index in [9.17, 15) is 4.79 Å². The van der Waals surface area contributed by atoms with Crippen molar-refractivity contribution >= 4 is 5.91 Å². The first-order valence-electron chi connectivity index (χ1n) is 8.17. The minimum atomic E-state index is 0.101. The predicted molar refractivity (Wildman–Crippen MR) is 83.4 cm³/mol. The van der Waals surface area contributed by atoms with Crippen LogP contribution >= 0.6 is 0 Å². The molecule has 2 fully saturated rings. The molecule has 1 aromatic rings. The van der Waals surface area contributed by atoms with E-state index in [-0.39, 0.29) is 5.91 Å². The first-order valence-corrected chi connectivity index (χ1v) is 8.17. The van der Waals surface area contributed by atoms with Crippen LogP contribution in [0.2, 0.25) is 0 Å². The lowest BCUT2D eigenvalue weighted by molar-refractivity contribution is 0.0681. The molecule has 0 unspecified atom stereocenters. The van der Waals surface area contributed by atoms with Gasteiger partial charge in [-0.05, 0) is 69.2 Å². The number of pyridine rings is 1. The van der Waals surface area contributed by atoms with Crippen LogP contribution in [-0.4, -0.2) is 42.5 Å². The summed E-state index contributed by atoms with van der Waals surface area (Å²) in [6.07, 6.45) is 7.89. The maximum absolute atomic E-state index is 12.5. The molecule has 0 bridgehead atoms. The minimum Gasteiger partial charge on any atom is -0.337 e. The normalized spacial score (nSPS) is 19.8. The number of nitrogens with zero attached hydrogens (tertiary/aromatic N) is 2. The van der Waals surface area contributed by atoms with Gasteiger partial charge in [-0.2, -0.15) is 0 Å². The van der Waals surface area contributed by atoms with Crippen molar-refractivity contribution in [2.45, 2.75) is 38.0 Å². The second kappa shape index (κ2) is 6.56. The van der Waals surface area contributed by atoms with Crippen molar-refractivity contribution in [3.05, 3.63) is 29.6 Å². The Balaban J connectivity index is 1.53. The molecule has 4 nitrogen and oxygen atoms in total. The summed E-state index contributed by atoms with van der Waals surface area (Å²) < 4.78 is 0. The van der Waals surface area contributed by atoms with Gasteiger partial charge in [0, 0.05) is 19.3 Å². The third-order valence-electron chi connectivity index (χ3n) is 4.76. The van der Waals surface area contributed by atoms with Crippen molar-refractivity contribution in [2.24, 2.45) is 5.92 Å². The number of carbonyl (C=O) groups excluding carboxylic acids is 1. The molecule has 1 N–H and O–H groups in total. The lowest BCUT2D eigenvalue weighted by Crippen LogP contribution is -2.39. The van der Waals surface area contributed by atoms with E-state index in [1.165, 1.54) is 24.8 Å². The van der Waals surface area contributed by atoms with Gasteiger partial charge in [-0.15, -0.1) is 0 Å². The lowest BCUT2D eigenvalue weighted by Gasteiger charge is -2.31. The minimum absolute atomic E-state index is 0.101. The summed E-state index contributed by atoms with van der Waals surface area (Å²) in [5.41, 5.74) is 1.89. The van der Waals surface area contributed by atoms with Crippen molar-refractivity contribution < 1.29 is 4.79 Å². The fourth-order valence-electron chi connectivity index (χ4n) is 3.13. The molecular weight excluding hydrogens is 262 g/mol. The van der Waals surface area contributed by atoms with Gasteiger partial charge in [0.1, 0.15) is 5.69 Å². The van der Waals surface area contributed by atoms with Crippen LogP contribution < -0.4 is 5.32 Å². The van der Waals surface area contributed by atoms with Crippen molar-refractivity contribution in [1.82, 2.24) is 15.2 Å². The van der Waals surface area contributed by atoms with Gasteiger partial charge < -0.3 is 10.2 Å². The van der Waals surface area contributed by atoms with E-state index in [2.05, 4.69) is 16.4 Å². The molecule has 0 aromatic carbocycles. The average molecular weight is 287 g/mol. The molecule has 0 spiro atoms. The maximum atomic E-state index is 12.5. The van der Waals surface area contributed by atoms with E-state index in [1.807, 2.05) is 24.2 Å². The first-order chi connectivity index (χ1) is 10.3. The molecule has 0 atom stereocenters. The smallest absolute Gasteiger partial charge is 0.272 e. The number of piperidine rings is 1. The van der Waals surface area contributed by atoms with Crippen LogP contribution in [-0.2, 0) is 0 Å². The summed E-state index contributed by atoms with van der Waals surface area (Å²) in [5, 5.41) is 3.20. The standard InChI is InChI=1S/C17H25N3O/c1-18-9-6-13-7-10-20(11-8-13)17(21)16-5-4-15(12-19-16)14-2-3-14/h4-5,12-14,18H,2-3,6-11H2,1H3. The van der Waals surface area contributed by atoms with Crippen molar-refractivity contribution in [2.75, 3.05) is 26.7 Å². The first kappa shape index (κ1) is 14.5. The summed E-state index contributed by atoms with van der Waals surface area (Å²) >= 11 is 0. The predicted octanol–water partition coefficient (Wildman–Crippen LogP) is 2.42. The fourth-order valence-corrected chi connectivity index (χ4v) is 3.13. The van der Waals surface area contributed by atoms with Crippen LogP contribution in [0.4, 0.5) is 0 Å². The van der Waals surface area contributed by atoms with Crippen LogP contribution in [0, 0.1) is 5.92 Å². The Morgan fingerprint density at radius 2 is 2.05 bits per heavy atom. The summed E-state index contributed by atoms with van der Waals surface area (Å²) in [4.78, 5) is 18.8. The number of nitrogens with one attached hydrogen (secondary N) is 1. The fraction of sp³-hybridized carbons (Fsp3) is 0.647. The van der Waals surface area contributed by atoms with Gasteiger partial charge >= 0.3 is 0 Å². The molecule has 1 saturated heterocycles. The van der Waals surface area contributed by atoms with Gasteiger partial charge in [-0.1, -0.05) is 6.07 Å². The van der Waals surface area contributed by atoms with Gasteiger partial charge in [0.05, 0.1) is 0 Å². The lowest BCUT2D eigenvalue weighted by atomic mass is 9.93. The number of amides is 1. The number of rotatable bonds is 5. The summed E-state index contributed by atoms with van der Waals surface area (Å²) in [6, 6.07) is 3.99. The zero-order chi connectivity index (χ0) is 14.7. The van der Waals surface area contributed by atoms with Gasteiger partial charge in [0.2, 0.25) is 0 Å². The van der Waals surface area contributed by atoms with Crippen LogP contribution in [0.15, 0.2) is 18.3 Å². The Hall–Kier alpha value is -1.42. The summed E-state index contributed by atoms with van der Waals surface area (Å²) in [6.45, 7) is 2.82. The molecule has 1 aliphatic heterocycles. The van der Waals surface area contributed by atoms with Crippen molar-refractivity contribution in [3.63, 3.8) is 0 Å². The van der Waals surface area contributed by atoms with Crippen LogP contribution in [0.25, 0.3) is 0 Å². The van der Waals surface area contributed by atoms with Crippen LogP contribution in [0.1, 0.15) is 54.1 Å². The van der Waals surface area contributed by atoms with E-state index in [4.69, 9.17) is 0 Å². The highest BCUT2D eigenvalue weighted by atomic mass is 16.2. The van der Waals surface area contributed by atoms with Crippen molar-refractivity contribution in [3.8, 4) is 0 Å². The SMILES string of the molecule is CNCCC1CCN(C(=O)c2ccc(C3CC3)cn2)CC1. The largest absolute Gasteiger partial charge is 0.337 e. The molecule has 114 valence electrons. The van der Waals surface area contributed by atoms with E-state index < -0.39 is 0 Å². The number of carbonyl (C=O) groups is 1. The monoisotopic (exact) mass is 287 g/mol. The maximum Gasteiger partial charge on any atom is 0.272 e. The second-order valence-corrected chi connectivity index (χ2v) is 6.38. The Labute approximate surface area is 126 Å². The van der Waals surface area contributed by atoms with Crippen molar-refractivity contribution in [1.29, 1.82) is 0 Å². The number of likely N-dealkylation sites (tertiary alicyclic amines) is 1. The Morgan fingerprint density at radius 3 is 2.62 bits per heavy atom. The third-order valence-corrected chi connectivity index (χ3v) is 4.76. The zero-order valence-electron chi connectivity index (χ0n) is 12.8. The van der Waals surface area contributed by atoms with Crippen LogP contribution in [0.5, 0.6) is 0 Å². The number of hydrogen-bond donors (Lipinski definition) is 1. The summed E-state index contributed by atoms with van der Waals surface area (Å²) in [7, 11) is 2.00. The number of hydrogen-bond acceptors (Lipinski definition) is 3. The quantitative estimate of drug-likeness (QED) is 0.904. The molecule has 1 aromatic heterocycles. The van der Waals surface area contributed by atoms with Gasteiger partial charge in [-0.25, -0.2) is 0 Å². The van der Waals surface area contributed by atoms with Crippen LogP contribution in [0.3, 0.4) is 0 Å². The highest BCUT2D eigenvalue weighted by Crippen LogP contribution is 2.39. The molecular formula is C17H25N3O. The van der Waals surface area contributed by atoms with E-state index in [0.29, 0.717) is 11.6 Å². The van der Waals surface area contributed by atoms with E-state index in [0.717, 1.165) is 38.4 Å². The Kier molecular flexibility index (Phi) is 4.54. The van der Waals surface area contributed by atoms with E-state index >= 15 is 0 Å². The summed E-state index contributed by atoms with van der Waals surface area (Å²) in [5.74, 6) is 1.56. The van der Waals surface area contributed by atoms with Gasteiger partial charge in [0.25, 0.3) is 5.91 Å². The molecule has 1 aliphatic carbocycles. The van der Waals surface area contributed by atoms with Gasteiger partial charge in [0.15, 0.2) is 0 Å². The zero-order valence-corrected chi connectivity index (χ0v) is 12.8. The highest BCUT2D eigenvalue weighted by molar-refractivity contribution is 5.92. The van der Waals surface area contributed by atoms with E-state index in [1.54, 1.807) is 0 Å². The molecule has 1 amide bonds. The van der Waals surface area contributed by atoms with Gasteiger partial charge in [-0.3, -0.25) is 9.78 Å². The second-order valence-electron chi connectivity index (χ2n) is 6.38. The molecule has 3 rings (SSSR count). The molecule has 1 saturated carbocycles. The molecule has 4 heteroatoms. The molecule has 21 heavy (non-hydrogen) atoms. The molecule has 2 aliphatic rings. The number of aromatic nitrogens is 1. The average Bonchev–Trinajstić information content (AvgIpc) is 3.38. The Bertz CT molecular complexity index is 473. The molecule has 2 heterocycles. The third kappa shape index (κ3) is 3.62. The topological polar surface area (TPSA) is 45.2 Å².